The van der Waals surface area contributed by atoms with Gasteiger partial charge in [-0.25, -0.2) is 0 Å². The summed E-state index contributed by atoms with van der Waals surface area (Å²) in [4.78, 5) is 18.7. The summed E-state index contributed by atoms with van der Waals surface area (Å²) < 4.78 is 0. The van der Waals surface area contributed by atoms with Crippen molar-refractivity contribution in [1.82, 2.24) is 4.90 Å². The first kappa shape index (κ1) is 14.7. The van der Waals surface area contributed by atoms with Crippen molar-refractivity contribution in [2.75, 3.05) is 6.54 Å². The Labute approximate surface area is 109 Å². The number of carbonyl (C=O) groups excluding carboxylic acids is 1. The summed E-state index contributed by atoms with van der Waals surface area (Å²) in [7, 11) is 0. The molecule has 1 amide bonds. The number of likely N-dealkylation sites (tertiary alicyclic amines) is 1. The molecule has 0 saturated carbocycles. The van der Waals surface area contributed by atoms with Gasteiger partial charge in [0, 0.05) is 18.8 Å². The first-order valence-electron chi connectivity index (χ1n) is 6.55. The van der Waals surface area contributed by atoms with E-state index in [4.69, 9.17) is 5.84 Å². The zero-order chi connectivity index (χ0) is 13.7. The largest absolute Gasteiger partial charge is 0.338 e. The van der Waals surface area contributed by atoms with Gasteiger partial charge in [-0.2, -0.15) is 5.10 Å². The maximum absolute atomic E-state index is 12.4. The van der Waals surface area contributed by atoms with Crippen molar-refractivity contribution in [3.05, 3.63) is 0 Å². The molecule has 0 bridgehead atoms. The molecular formula is C13H24N4O. The predicted molar refractivity (Wildman–Crippen MR) is 74.8 cm³/mol. The Bertz CT molecular complexity index is 349. The fraction of sp³-hybridized carbons (Fsp3) is 0.769. The number of amides is 1. The van der Waals surface area contributed by atoms with E-state index in [2.05, 4.69) is 17.0 Å². The van der Waals surface area contributed by atoms with Crippen LogP contribution in [0.25, 0.3) is 0 Å². The third kappa shape index (κ3) is 3.55. The van der Waals surface area contributed by atoms with E-state index in [0.717, 1.165) is 19.4 Å². The summed E-state index contributed by atoms with van der Waals surface area (Å²) in [5.74, 6) is 5.45. The summed E-state index contributed by atoms with van der Waals surface area (Å²) in [5, 5.41) is 3.53. The van der Waals surface area contributed by atoms with Crippen LogP contribution in [0, 0.1) is 5.92 Å². The van der Waals surface area contributed by atoms with Crippen molar-refractivity contribution in [3.63, 3.8) is 0 Å². The standard InChI is InChI=1S/C13H24N4O/c1-9(2)12(15-8-10(3)16-14)13(18)17-7-5-6-11(17)4/h8-9,11-12H,5-7,14H2,1-4H3/b15-8?,16-10-. The molecule has 1 saturated heterocycles. The van der Waals surface area contributed by atoms with E-state index >= 15 is 0 Å². The minimum atomic E-state index is -0.331. The molecule has 1 aliphatic heterocycles. The number of aliphatic imine (C=N–C) groups is 1. The van der Waals surface area contributed by atoms with E-state index in [-0.39, 0.29) is 17.9 Å². The first-order valence-corrected chi connectivity index (χ1v) is 6.55. The molecule has 1 fully saturated rings. The average molecular weight is 252 g/mol. The molecule has 0 aromatic heterocycles. The van der Waals surface area contributed by atoms with Crippen molar-refractivity contribution in [1.29, 1.82) is 0 Å². The molecule has 0 aliphatic carbocycles. The number of nitrogens with zero attached hydrogens (tertiary/aromatic N) is 3. The highest BCUT2D eigenvalue weighted by molar-refractivity contribution is 6.29. The molecule has 0 radical (unpaired) electrons. The quantitative estimate of drug-likeness (QED) is 0.467. The molecule has 102 valence electrons. The normalized spacial score (nSPS) is 23.1. The van der Waals surface area contributed by atoms with E-state index < -0.39 is 0 Å². The Hall–Kier alpha value is -1.39. The van der Waals surface area contributed by atoms with Gasteiger partial charge in [-0.05, 0) is 32.6 Å². The lowest BCUT2D eigenvalue weighted by Gasteiger charge is -2.26. The molecule has 5 nitrogen and oxygen atoms in total. The van der Waals surface area contributed by atoms with Crippen LogP contribution in [0.1, 0.15) is 40.5 Å². The van der Waals surface area contributed by atoms with Crippen LogP contribution < -0.4 is 5.84 Å². The molecule has 0 spiro atoms. The summed E-state index contributed by atoms with van der Waals surface area (Å²) in [6.07, 6.45) is 3.76. The second-order valence-corrected chi connectivity index (χ2v) is 5.26. The van der Waals surface area contributed by atoms with E-state index in [0.29, 0.717) is 11.8 Å². The van der Waals surface area contributed by atoms with Gasteiger partial charge in [0.2, 0.25) is 5.91 Å². The van der Waals surface area contributed by atoms with E-state index in [9.17, 15) is 4.79 Å². The van der Waals surface area contributed by atoms with Crippen LogP contribution in [0.2, 0.25) is 0 Å². The number of nitrogens with two attached hydrogens (primary N) is 1. The Morgan fingerprint density at radius 1 is 1.50 bits per heavy atom. The lowest BCUT2D eigenvalue weighted by Crippen LogP contribution is -2.42. The fourth-order valence-corrected chi connectivity index (χ4v) is 2.17. The zero-order valence-corrected chi connectivity index (χ0v) is 11.8. The maximum atomic E-state index is 12.4. The lowest BCUT2D eigenvalue weighted by molar-refractivity contribution is -0.133. The Balaban J connectivity index is 2.78. The SMILES string of the molecule is C/C(C=NC(C(=O)N1CCCC1C)C(C)C)=N/N. The van der Waals surface area contributed by atoms with Crippen LogP contribution in [-0.2, 0) is 4.79 Å². The number of hydrazone groups is 1. The molecule has 2 unspecified atom stereocenters. The summed E-state index contributed by atoms with van der Waals surface area (Å²) >= 11 is 0. The van der Waals surface area contributed by atoms with Gasteiger partial charge in [0.15, 0.2) is 0 Å². The topological polar surface area (TPSA) is 71.0 Å². The summed E-state index contributed by atoms with van der Waals surface area (Å²) in [6, 6.07) is 0.000438. The predicted octanol–water partition coefficient (Wildman–Crippen LogP) is 1.43. The van der Waals surface area contributed by atoms with Crippen LogP contribution in [0.5, 0.6) is 0 Å². The van der Waals surface area contributed by atoms with Crippen molar-refractivity contribution in [3.8, 4) is 0 Å². The molecule has 1 aliphatic rings. The highest BCUT2D eigenvalue weighted by Gasteiger charge is 2.31. The van der Waals surface area contributed by atoms with Crippen molar-refractivity contribution in [2.45, 2.75) is 52.6 Å². The van der Waals surface area contributed by atoms with Crippen LogP contribution in [-0.4, -0.2) is 41.4 Å². The zero-order valence-electron chi connectivity index (χ0n) is 11.8. The van der Waals surface area contributed by atoms with E-state index in [1.807, 2.05) is 18.7 Å². The summed E-state index contributed by atoms with van der Waals surface area (Å²) in [6.45, 7) is 8.73. The van der Waals surface area contributed by atoms with Gasteiger partial charge in [0.1, 0.15) is 6.04 Å². The highest BCUT2D eigenvalue weighted by atomic mass is 16.2. The minimum Gasteiger partial charge on any atom is -0.338 e. The van der Waals surface area contributed by atoms with Gasteiger partial charge >= 0.3 is 0 Å². The molecule has 1 heterocycles. The molecule has 1 rings (SSSR count). The van der Waals surface area contributed by atoms with Crippen LogP contribution >= 0.6 is 0 Å². The fourth-order valence-electron chi connectivity index (χ4n) is 2.17. The minimum absolute atomic E-state index is 0.121. The van der Waals surface area contributed by atoms with Gasteiger partial charge in [-0.15, -0.1) is 0 Å². The third-order valence-electron chi connectivity index (χ3n) is 3.35. The molecule has 18 heavy (non-hydrogen) atoms. The van der Waals surface area contributed by atoms with Crippen LogP contribution in [0.3, 0.4) is 0 Å². The third-order valence-corrected chi connectivity index (χ3v) is 3.35. The van der Waals surface area contributed by atoms with Crippen molar-refractivity contribution >= 4 is 17.8 Å². The molecule has 5 heteroatoms. The summed E-state index contributed by atoms with van der Waals surface area (Å²) in [5.41, 5.74) is 0.628. The van der Waals surface area contributed by atoms with Gasteiger partial charge < -0.3 is 10.7 Å². The molecule has 2 N–H and O–H groups in total. The maximum Gasteiger partial charge on any atom is 0.247 e. The Morgan fingerprint density at radius 3 is 2.61 bits per heavy atom. The number of rotatable bonds is 4. The smallest absolute Gasteiger partial charge is 0.247 e. The highest BCUT2D eigenvalue weighted by Crippen LogP contribution is 2.20. The second-order valence-electron chi connectivity index (χ2n) is 5.26. The number of hydrogen-bond acceptors (Lipinski definition) is 4. The molecule has 0 aromatic rings. The number of carbonyl (C=O) groups is 1. The second kappa shape index (κ2) is 6.52. The van der Waals surface area contributed by atoms with E-state index in [1.165, 1.54) is 0 Å². The van der Waals surface area contributed by atoms with Gasteiger partial charge in [-0.1, -0.05) is 13.8 Å². The van der Waals surface area contributed by atoms with Crippen molar-refractivity contribution in [2.24, 2.45) is 21.9 Å². The Morgan fingerprint density at radius 2 is 2.17 bits per heavy atom. The molecule has 0 aromatic carbocycles. The average Bonchev–Trinajstić information content (AvgIpc) is 2.74. The number of hydrogen-bond donors (Lipinski definition) is 1. The van der Waals surface area contributed by atoms with Crippen LogP contribution in [0.4, 0.5) is 0 Å². The monoisotopic (exact) mass is 252 g/mol. The van der Waals surface area contributed by atoms with Gasteiger partial charge in [0.05, 0.1) is 5.71 Å². The van der Waals surface area contributed by atoms with Crippen LogP contribution in [0.15, 0.2) is 10.1 Å². The van der Waals surface area contributed by atoms with Crippen molar-refractivity contribution < 1.29 is 4.79 Å². The van der Waals surface area contributed by atoms with Gasteiger partial charge in [-0.3, -0.25) is 9.79 Å². The first-order chi connectivity index (χ1) is 8.47. The Kier molecular flexibility index (Phi) is 5.31. The lowest BCUT2D eigenvalue weighted by atomic mass is 10.0. The van der Waals surface area contributed by atoms with E-state index in [1.54, 1.807) is 13.1 Å². The van der Waals surface area contributed by atoms with Gasteiger partial charge in [0.25, 0.3) is 0 Å². The molecule has 2 atom stereocenters. The molecular weight excluding hydrogens is 228 g/mol.